The fraction of sp³-hybridized carbons (Fsp3) is 0.0370. The van der Waals surface area contributed by atoms with Crippen LogP contribution in [0.1, 0.15) is 5.56 Å². The number of anilines is 2. The van der Waals surface area contributed by atoms with E-state index in [9.17, 15) is 4.79 Å². The van der Waals surface area contributed by atoms with Gasteiger partial charge in [-0.15, -0.1) is 10.2 Å². The van der Waals surface area contributed by atoms with E-state index in [1.165, 1.54) is 6.20 Å². The number of nitrogens with zero attached hydrogens (tertiary/aromatic N) is 3. The van der Waals surface area contributed by atoms with Gasteiger partial charge in [0.1, 0.15) is 5.69 Å². The summed E-state index contributed by atoms with van der Waals surface area (Å²) in [4.78, 5) is 15.3. The van der Waals surface area contributed by atoms with Crippen LogP contribution in [0.2, 0.25) is 0 Å². The molecule has 5 rings (SSSR count). The van der Waals surface area contributed by atoms with Crippen molar-refractivity contribution in [3.8, 4) is 22.4 Å². The van der Waals surface area contributed by atoms with Gasteiger partial charge in [-0.1, -0.05) is 78.9 Å². The fourth-order valence-corrected chi connectivity index (χ4v) is 3.95. The standard InChI is InChI=1S/C27H21N5O2/c33-27(34)30-21-14-20(16-28-17-21)25-23-13-7-12-22(19-10-5-2-6-11-19)24(23)26(32-31-25)29-15-18-8-3-1-4-9-18/h1-14,16-17,30H,15H2,(H,29,32)(H,33,34). The minimum absolute atomic E-state index is 0.366. The van der Waals surface area contributed by atoms with Gasteiger partial charge in [0.25, 0.3) is 0 Å². The lowest BCUT2D eigenvalue weighted by atomic mass is 9.96. The van der Waals surface area contributed by atoms with Gasteiger partial charge in [-0.3, -0.25) is 10.3 Å². The quantitative estimate of drug-likeness (QED) is 0.292. The Morgan fingerprint density at radius 2 is 1.59 bits per heavy atom. The number of carboxylic acid groups (broad SMARTS) is 1. The van der Waals surface area contributed by atoms with E-state index in [1.54, 1.807) is 12.3 Å². The maximum absolute atomic E-state index is 11.1. The highest BCUT2D eigenvalue weighted by atomic mass is 16.4. The molecule has 0 aliphatic rings. The molecule has 0 spiro atoms. The Morgan fingerprint density at radius 1 is 0.824 bits per heavy atom. The van der Waals surface area contributed by atoms with Crippen molar-refractivity contribution < 1.29 is 9.90 Å². The highest BCUT2D eigenvalue weighted by molar-refractivity contribution is 6.08. The number of pyridine rings is 1. The highest BCUT2D eigenvalue weighted by Gasteiger charge is 2.16. The van der Waals surface area contributed by atoms with E-state index in [0.29, 0.717) is 29.3 Å². The summed E-state index contributed by atoms with van der Waals surface area (Å²) in [6.45, 7) is 0.604. The molecule has 7 nitrogen and oxygen atoms in total. The maximum Gasteiger partial charge on any atom is 0.409 e. The third-order valence-electron chi connectivity index (χ3n) is 5.46. The van der Waals surface area contributed by atoms with E-state index < -0.39 is 6.09 Å². The zero-order valence-corrected chi connectivity index (χ0v) is 18.1. The average Bonchev–Trinajstić information content (AvgIpc) is 2.88. The fourth-order valence-electron chi connectivity index (χ4n) is 3.95. The Labute approximate surface area is 196 Å². The molecule has 7 heteroatoms. The minimum Gasteiger partial charge on any atom is -0.465 e. The predicted molar refractivity (Wildman–Crippen MR) is 134 cm³/mol. The van der Waals surface area contributed by atoms with Crippen molar-refractivity contribution in [1.29, 1.82) is 0 Å². The molecule has 5 aromatic rings. The number of benzene rings is 3. The van der Waals surface area contributed by atoms with Crippen LogP contribution in [0.3, 0.4) is 0 Å². The second-order valence-electron chi connectivity index (χ2n) is 7.72. The van der Waals surface area contributed by atoms with E-state index >= 15 is 0 Å². The molecule has 1 amide bonds. The van der Waals surface area contributed by atoms with E-state index in [1.807, 2.05) is 48.5 Å². The number of nitrogens with one attached hydrogen (secondary N) is 2. The highest BCUT2D eigenvalue weighted by Crippen LogP contribution is 2.37. The van der Waals surface area contributed by atoms with Crippen molar-refractivity contribution in [2.75, 3.05) is 10.6 Å². The number of carbonyl (C=O) groups is 1. The molecular formula is C27H21N5O2. The van der Waals surface area contributed by atoms with Gasteiger partial charge in [0.05, 0.1) is 11.9 Å². The normalized spacial score (nSPS) is 10.7. The summed E-state index contributed by atoms with van der Waals surface area (Å²) < 4.78 is 0. The Kier molecular flexibility index (Phi) is 5.82. The van der Waals surface area contributed by atoms with Crippen molar-refractivity contribution in [2.24, 2.45) is 0 Å². The molecular weight excluding hydrogens is 426 g/mol. The average molecular weight is 447 g/mol. The van der Waals surface area contributed by atoms with E-state index in [4.69, 9.17) is 5.11 Å². The summed E-state index contributed by atoms with van der Waals surface area (Å²) in [5, 5.41) is 25.8. The van der Waals surface area contributed by atoms with Gasteiger partial charge < -0.3 is 10.4 Å². The number of amides is 1. The van der Waals surface area contributed by atoms with E-state index in [2.05, 4.69) is 56.1 Å². The number of rotatable bonds is 6. The molecule has 2 heterocycles. The Morgan fingerprint density at radius 3 is 2.35 bits per heavy atom. The summed E-state index contributed by atoms with van der Waals surface area (Å²) in [6.07, 6.45) is 1.96. The van der Waals surface area contributed by atoms with Crippen LogP contribution in [0.15, 0.2) is 97.3 Å². The van der Waals surface area contributed by atoms with E-state index in [-0.39, 0.29) is 0 Å². The van der Waals surface area contributed by atoms with Gasteiger partial charge in [-0.25, -0.2) is 4.79 Å². The lowest BCUT2D eigenvalue weighted by molar-refractivity contribution is 0.209. The lowest BCUT2D eigenvalue weighted by Gasteiger charge is -2.15. The van der Waals surface area contributed by atoms with Crippen LogP contribution in [0.5, 0.6) is 0 Å². The van der Waals surface area contributed by atoms with Crippen LogP contribution in [-0.2, 0) is 6.54 Å². The molecule has 0 unspecified atom stereocenters. The first-order valence-corrected chi connectivity index (χ1v) is 10.8. The van der Waals surface area contributed by atoms with E-state index in [0.717, 1.165) is 27.5 Å². The zero-order chi connectivity index (χ0) is 23.3. The van der Waals surface area contributed by atoms with Gasteiger partial charge in [-0.2, -0.15) is 0 Å². The van der Waals surface area contributed by atoms with Crippen molar-refractivity contribution in [1.82, 2.24) is 15.2 Å². The molecule has 0 saturated heterocycles. The summed E-state index contributed by atoms with van der Waals surface area (Å²) in [5.74, 6) is 0.676. The smallest absolute Gasteiger partial charge is 0.409 e. The van der Waals surface area contributed by atoms with Gasteiger partial charge in [0, 0.05) is 29.1 Å². The molecule has 0 radical (unpaired) electrons. The first-order chi connectivity index (χ1) is 16.7. The first kappa shape index (κ1) is 21.1. The van der Waals surface area contributed by atoms with Crippen LogP contribution in [-0.4, -0.2) is 26.4 Å². The number of hydrogen-bond donors (Lipinski definition) is 3. The van der Waals surface area contributed by atoms with Crippen LogP contribution >= 0.6 is 0 Å². The maximum atomic E-state index is 11.1. The first-order valence-electron chi connectivity index (χ1n) is 10.8. The Balaban J connectivity index is 1.67. The second-order valence-corrected chi connectivity index (χ2v) is 7.72. The molecule has 3 N–H and O–H groups in total. The topological polar surface area (TPSA) is 100 Å². The zero-order valence-electron chi connectivity index (χ0n) is 18.1. The van der Waals surface area contributed by atoms with Gasteiger partial charge in [0.15, 0.2) is 5.82 Å². The van der Waals surface area contributed by atoms with Crippen molar-refractivity contribution in [3.05, 3.63) is 103 Å². The van der Waals surface area contributed by atoms with Gasteiger partial charge in [-0.05, 0) is 22.8 Å². The molecule has 34 heavy (non-hydrogen) atoms. The molecule has 0 saturated carbocycles. The van der Waals surface area contributed by atoms with Crippen molar-refractivity contribution >= 4 is 28.4 Å². The lowest BCUT2D eigenvalue weighted by Crippen LogP contribution is -2.08. The third-order valence-corrected chi connectivity index (χ3v) is 5.46. The molecule has 0 aliphatic carbocycles. The van der Waals surface area contributed by atoms with Crippen LogP contribution < -0.4 is 10.6 Å². The SMILES string of the molecule is O=C(O)Nc1cncc(-c2nnc(NCc3ccccc3)c3c(-c4ccccc4)cccc23)c1. The number of hydrogen-bond acceptors (Lipinski definition) is 5. The van der Waals surface area contributed by atoms with Crippen molar-refractivity contribution in [3.63, 3.8) is 0 Å². The van der Waals surface area contributed by atoms with Gasteiger partial charge >= 0.3 is 6.09 Å². The van der Waals surface area contributed by atoms with Crippen LogP contribution in [0.25, 0.3) is 33.2 Å². The summed E-state index contributed by atoms with van der Waals surface area (Å²) in [7, 11) is 0. The van der Waals surface area contributed by atoms with Crippen LogP contribution in [0, 0.1) is 0 Å². The monoisotopic (exact) mass is 447 g/mol. The molecule has 166 valence electrons. The van der Waals surface area contributed by atoms with Crippen molar-refractivity contribution in [2.45, 2.75) is 6.54 Å². The third kappa shape index (κ3) is 4.40. The Hall–Kier alpha value is -4.78. The molecule has 0 aliphatic heterocycles. The van der Waals surface area contributed by atoms with Gasteiger partial charge in [0.2, 0.25) is 0 Å². The number of fused-ring (bicyclic) bond motifs is 1. The molecule has 2 aromatic heterocycles. The minimum atomic E-state index is -1.15. The molecule has 0 bridgehead atoms. The number of aromatic nitrogens is 3. The molecule has 0 atom stereocenters. The Bertz CT molecular complexity index is 1460. The predicted octanol–water partition coefficient (Wildman–Crippen LogP) is 6.06. The second kappa shape index (κ2) is 9.38. The largest absolute Gasteiger partial charge is 0.465 e. The summed E-state index contributed by atoms with van der Waals surface area (Å²) in [5.41, 5.74) is 4.88. The summed E-state index contributed by atoms with van der Waals surface area (Å²) in [6, 6.07) is 28.0. The summed E-state index contributed by atoms with van der Waals surface area (Å²) >= 11 is 0. The van der Waals surface area contributed by atoms with Crippen LogP contribution in [0.4, 0.5) is 16.3 Å². The molecule has 3 aromatic carbocycles. The molecule has 0 fully saturated rings.